The van der Waals surface area contributed by atoms with Crippen molar-refractivity contribution in [1.29, 1.82) is 0 Å². The van der Waals surface area contributed by atoms with E-state index in [1.807, 2.05) is 109 Å². The number of nitrogens with one attached hydrogen (secondary N) is 1. The molecule has 1 saturated heterocycles. The van der Waals surface area contributed by atoms with Crippen LogP contribution in [0.5, 0.6) is 0 Å². The molecular weight excluding hydrogens is 950 g/mol. The first kappa shape index (κ1) is 39.9. The number of aromatic nitrogens is 2. The summed E-state index contributed by atoms with van der Waals surface area (Å²) in [6, 6.07) is 61.0. The topological polar surface area (TPSA) is 82.6 Å². The van der Waals surface area contributed by atoms with Crippen LogP contribution in [0.25, 0.3) is 6.08 Å². The lowest BCUT2D eigenvalue weighted by Gasteiger charge is -2.40. The second-order valence-corrected chi connectivity index (χ2v) is 16.2. The fourth-order valence-corrected chi connectivity index (χ4v) is 9.22. The van der Waals surface area contributed by atoms with Crippen molar-refractivity contribution in [1.82, 2.24) is 9.55 Å². The quantitative estimate of drug-likeness (QED) is 0.0707. The Kier molecular flexibility index (Phi) is 12.3. The van der Waals surface area contributed by atoms with E-state index in [0.29, 0.717) is 5.56 Å². The predicted octanol–water partition coefficient (Wildman–Crippen LogP) is 10.0. The molecule has 7 nitrogen and oxygen atoms in total. The van der Waals surface area contributed by atoms with Gasteiger partial charge in [0.2, 0.25) is 0 Å². The first-order chi connectivity index (χ1) is 28.5. The number of hydrogen-bond acceptors (Lipinski definition) is 5. The molecule has 6 aromatic carbocycles. The van der Waals surface area contributed by atoms with Crippen LogP contribution in [0.1, 0.15) is 45.2 Å². The highest BCUT2D eigenvalue weighted by molar-refractivity contribution is 14.1. The zero-order valence-corrected chi connectivity index (χ0v) is 35.6. The molecular formula is C49H40I2N2O5. The van der Waals surface area contributed by atoms with Crippen LogP contribution < -0.4 is 11.2 Å². The third-order valence-electron chi connectivity index (χ3n) is 10.6. The van der Waals surface area contributed by atoms with Crippen molar-refractivity contribution in [3.05, 3.63) is 252 Å². The maximum absolute atomic E-state index is 13.9. The predicted molar refractivity (Wildman–Crippen MR) is 245 cm³/mol. The molecule has 0 amide bonds. The Balaban J connectivity index is 1.29. The number of H-pyrrole nitrogens is 1. The smallest absolute Gasteiger partial charge is 0.330 e. The molecule has 1 fully saturated rings. The fourth-order valence-electron chi connectivity index (χ4n) is 7.96. The number of aromatic amines is 1. The highest BCUT2D eigenvalue weighted by atomic mass is 127. The lowest BCUT2D eigenvalue weighted by molar-refractivity contribution is -0.119. The molecule has 1 aliphatic heterocycles. The van der Waals surface area contributed by atoms with Crippen LogP contribution in [-0.4, -0.2) is 32.3 Å². The van der Waals surface area contributed by atoms with Gasteiger partial charge in [0.1, 0.15) is 17.3 Å². The van der Waals surface area contributed by atoms with E-state index in [1.54, 1.807) is 16.4 Å². The number of benzene rings is 6. The molecule has 0 radical (unpaired) electrons. The number of alkyl halides is 1. The Morgan fingerprint density at radius 3 is 1.36 bits per heavy atom. The van der Waals surface area contributed by atoms with Gasteiger partial charge in [0.25, 0.3) is 5.56 Å². The van der Waals surface area contributed by atoms with Crippen molar-refractivity contribution < 1.29 is 14.2 Å². The molecule has 1 aliphatic rings. The minimum Gasteiger partial charge on any atom is -0.358 e. The number of rotatable bonds is 13. The Morgan fingerprint density at radius 2 is 0.983 bits per heavy atom. The molecule has 1 N–H and O–H groups in total. The highest BCUT2D eigenvalue weighted by Gasteiger charge is 2.52. The van der Waals surface area contributed by atoms with Gasteiger partial charge in [0, 0.05) is 6.20 Å². The van der Waals surface area contributed by atoms with Crippen LogP contribution in [-0.2, 0) is 25.4 Å². The SMILES string of the molecule is O=c1[nH]c(=O)n([C@@H]2O[C@H](COC(c3ccccc3)(c3ccccc3)c3ccccc3)[C@@H](I)[C@H]2OC(c2ccccc2)(c2ccccc2)c2ccccc2)cc1C=CI. The Labute approximate surface area is 364 Å². The van der Waals surface area contributed by atoms with Crippen molar-refractivity contribution in [2.75, 3.05) is 6.61 Å². The Bertz CT molecular complexity index is 2360. The number of nitrogens with zero attached hydrogens (tertiary/aromatic N) is 1. The lowest BCUT2D eigenvalue weighted by Crippen LogP contribution is -2.44. The summed E-state index contributed by atoms with van der Waals surface area (Å²) in [5.74, 6) is 0. The van der Waals surface area contributed by atoms with E-state index in [9.17, 15) is 9.59 Å². The van der Waals surface area contributed by atoms with Gasteiger partial charge >= 0.3 is 5.69 Å². The third kappa shape index (κ3) is 7.69. The van der Waals surface area contributed by atoms with Crippen LogP contribution in [0.4, 0.5) is 0 Å². The zero-order chi connectivity index (χ0) is 40.0. The van der Waals surface area contributed by atoms with Gasteiger partial charge in [0.15, 0.2) is 6.23 Å². The molecule has 0 unspecified atom stereocenters. The summed E-state index contributed by atoms with van der Waals surface area (Å²) >= 11 is 4.47. The lowest BCUT2D eigenvalue weighted by atomic mass is 9.79. The molecule has 2 heterocycles. The minimum atomic E-state index is -1.13. The third-order valence-corrected chi connectivity index (χ3v) is 12.5. The van der Waals surface area contributed by atoms with Crippen molar-refractivity contribution in [3.63, 3.8) is 0 Å². The largest absolute Gasteiger partial charge is 0.358 e. The van der Waals surface area contributed by atoms with Gasteiger partial charge in [-0.3, -0.25) is 14.3 Å². The van der Waals surface area contributed by atoms with Crippen molar-refractivity contribution in [2.24, 2.45) is 0 Å². The fraction of sp³-hybridized carbons (Fsp3) is 0.143. The molecule has 0 saturated carbocycles. The van der Waals surface area contributed by atoms with E-state index in [-0.39, 0.29) is 10.5 Å². The maximum Gasteiger partial charge on any atom is 0.330 e. The van der Waals surface area contributed by atoms with Gasteiger partial charge < -0.3 is 14.2 Å². The average Bonchev–Trinajstić information content (AvgIpc) is 3.59. The van der Waals surface area contributed by atoms with Crippen LogP contribution in [0.15, 0.2) is 202 Å². The second kappa shape index (κ2) is 17.9. The summed E-state index contributed by atoms with van der Waals surface area (Å²) in [4.78, 5) is 29.4. The molecule has 8 rings (SSSR count). The number of halogens is 2. The minimum absolute atomic E-state index is 0.135. The van der Waals surface area contributed by atoms with E-state index in [1.165, 1.54) is 4.57 Å². The summed E-state index contributed by atoms with van der Waals surface area (Å²) in [5, 5.41) is 0. The monoisotopic (exact) mass is 990 g/mol. The maximum atomic E-state index is 13.9. The first-order valence-corrected chi connectivity index (χ1v) is 21.5. The first-order valence-electron chi connectivity index (χ1n) is 19.0. The molecule has 0 spiro atoms. The second-order valence-electron chi connectivity index (χ2n) is 14.0. The number of hydrogen-bond donors (Lipinski definition) is 1. The molecule has 290 valence electrons. The molecule has 9 heteroatoms. The molecule has 58 heavy (non-hydrogen) atoms. The highest BCUT2D eigenvalue weighted by Crippen LogP contribution is 2.48. The molecule has 1 aromatic heterocycles. The normalized spacial score (nSPS) is 18.4. The van der Waals surface area contributed by atoms with Gasteiger partial charge in [-0.25, -0.2) is 4.79 Å². The summed E-state index contributed by atoms with van der Waals surface area (Å²) in [6.07, 6.45) is 0.944. The van der Waals surface area contributed by atoms with Crippen LogP contribution in [0.3, 0.4) is 0 Å². The van der Waals surface area contributed by atoms with Crippen LogP contribution in [0.2, 0.25) is 0 Å². The van der Waals surface area contributed by atoms with Crippen LogP contribution in [0, 0.1) is 0 Å². The van der Waals surface area contributed by atoms with E-state index >= 15 is 0 Å². The molecule has 7 aromatic rings. The summed E-state index contributed by atoms with van der Waals surface area (Å²) in [5.41, 5.74) is 2.71. The van der Waals surface area contributed by atoms with E-state index in [0.717, 1.165) is 33.4 Å². The Hall–Kier alpha value is -4.92. The molecule has 4 atom stereocenters. The summed E-state index contributed by atoms with van der Waals surface area (Å²) < 4.78 is 24.9. The number of ether oxygens (including phenoxy) is 3. The van der Waals surface area contributed by atoms with Gasteiger partial charge in [-0.2, -0.15) is 0 Å². The Morgan fingerprint density at radius 1 is 0.603 bits per heavy atom. The van der Waals surface area contributed by atoms with Gasteiger partial charge in [-0.1, -0.05) is 227 Å². The average molecular weight is 991 g/mol. The standard InChI is InChI=1S/C49H40I2N2O5/c50-32-31-35-33-53(47(55)52-45(35)54)46-44(58-49(39-25-13-4-14-26-39,40-27-15-5-16-28-40)41-29-17-6-18-30-41)43(51)42(57-46)34-56-48(36-19-7-1-8-20-36,37-21-9-2-10-22-37)38-23-11-3-12-24-38/h1-33,42-44,46H,34H2,(H,52,54,55)/t42-,43-,44-,46-/m1/s1. The van der Waals surface area contributed by atoms with Gasteiger partial charge in [0.05, 0.1) is 22.2 Å². The van der Waals surface area contributed by atoms with Crippen molar-refractivity contribution >= 4 is 51.3 Å². The van der Waals surface area contributed by atoms with E-state index in [4.69, 9.17) is 14.2 Å². The van der Waals surface area contributed by atoms with E-state index < -0.39 is 40.9 Å². The van der Waals surface area contributed by atoms with Crippen LogP contribution >= 0.6 is 45.2 Å². The van der Waals surface area contributed by atoms with Gasteiger partial charge in [-0.15, -0.1) is 0 Å². The van der Waals surface area contributed by atoms with Gasteiger partial charge in [-0.05, 0) is 43.5 Å². The van der Waals surface area contributed by atoms with Crippen molar-refractivity contribution in [3.8, 4) is 0 Å². The molecule has 0 aliphatic carbocycles. The van der Waals surface area contributed by atoms with E-state index in [2.05, 4.69) is 123 Å². The van der Waals surface area contributed by atoms with Crippen molar-refractivity contribution in [2.45, 2.75) is 33.6 Å². The summed E-state index contributed by atoms with van der Waals surface area (Å²) in [7, 11) is 0. The molecule has 0 bridgehead atoms. The summed E-state index contributed by atoms with van der Waals surface area (Å²) in [6.45, 7) is 0.135. The zero-order valence-electron chi connectivity index (χ0n) is 31.3.